The molecule has 0 N–H and O–H groups in total. The Morgan fingerprint density at radius 2 is 1.90 bits per heavy atom. The van der Waals surface area contributed by atoms with Crippen molar-refractivity contribution < 1.29 is 18.7 Å². The van der Waals surface area contributed by atoms with Gasteiger partial charge in [-0.05, 0) is 23.6 Å². The van der Waals surface area contributed by atoms with E-state index in [2.05, 4.69) is 0 Å². The van der Waals surface area contributed by atoms with Crippen LogP contribution in [0.5, 0.6) is 5.75 Å². The smallest absolute Gasteiger partial charge is 0.165 e. The lowest BCUT2D eigenvalue weighted by molar-refractivity contribution is -0.126. The molecule has 0 spiro atoms. The summed E-state index contributed by atoms with van der Waals surface area (Å²) in [5.41, 5.74) is 0.939. The number of carbonyl (C=O) groups excluding carboxylic acids is 1. The maximum absolute atomic E-state index is 13.7. The summed E-state index contributed by atoms with van der Waals surface area (Å²) in [5, 5.41) is 0. The Morgan fingerprint density at radius 1 is 1.20 bits per heavy atom. The number of rotatable bonds is 8. The zero-order valence-electron chi connectivity index (χ0n) is 12.6. The van der Waals surface area contributed by atoms with Gasteiger partial charge in [0.15, 0.2) is 17.3 Å². The molecule has 0 aromatic heterocycles. The fourth-order valence-corrected chi connectivity index (χ4v) is 1.54. The van der Waals surface area contributed by atoms with Crippen molar-refractivity contribution in [2.24, 2.45) is 5.92 Å². The monoisotopic (exact) mass is 282 g/mol. The minimum atomic E-state index is -0.366. The quantitative estimate of drug-likeness (QED) is 0.684. The van der Waals surface area contributed by atoms with E-state index < -0.39 is 0 Å². The minimum absolute atomic E-state index is 0.0306. The van der Waals surface area contributed by atoms with Crippen molar-refractivity contribution >= 4 is 5.78 Å². The lowest BCUT2D eigenvalue weighted by Gasteiger charge is -2.11. The molecule has 20 heavy (non-hydrogen) atoms. The summed E-state index contributed by atoms with van der Waals surface area (Å²) in [5.74, 6) is 0.154. The molecule has 0 unspecified atom stereocenters. The van der Waals surface area contributed by atoms with Gasteiger partial charge in [0.1, 0.15) is 13.2 Å². The summed E-state index contributed by atoms with van der Waals surface area (Å²) >= 11 is 0. The van der Waals surface area contributed by atoms with Crippen molar-refractivity contribution in [1.29, 1.82) is 0 Å². The SMILES string of the molecule is CC(C)C(=O)COCCOc1ccc(C(C)C)cc1F. The number of benzene rings is 1. The van der Waals surface area contributed by atoms with E-state index >= 15 is 0 Å². The van der Waals surface area contributed by atoms with E-state index in [1.54, 1.807) is 6.07 Å². The zero-order chi connectivity index (χ0) is 15.1. The molecule has 0 saturated heterocycles. The second-order valence-corrected chi connectivity index (χ2v) is 5.37. The number of ketones is 1. The third-order valence-electron chi connectivity index (χ3n) is 3.00. The van der Waals surface area contributed by atoms with Gasteiger partial charge < -0.3 is 9.47 Å². The Hall–Kier alpha value is -1.42. The van der Waals surface area contributed by atoms with Crippen LogP contribution in [-0.2, 0) is 9.53 Å². The summed E-state index contributed by atoms with van der Waals surface area (Å²) in [6.45, 7) is 8.24. The number of carbonyl (C=O) groups is 1. The highest BCUT2D eigenvalue weighted by molar-refractivity contribution is 5.81. The van der Waals surface area contributed by atoms with Crippen molar-refractivity contribution in [2.75, 3.05) is 19.8 Å². The van der Waals surface area contributed by atoms with E-state index in [1.807, 2.05) is 33.8 Å². The van der Waals surface area contributed by atoms with E-state index in [1.165, 1.54) is 6.07 Å². The molecule has 0 aliphatic rings. The molecular formula is C16H23FO3. The first-order valence-electron chi connectivity index (χ1n) is 6.94. The van der Waals surface area contributed by atoms with E-state index in [4.69, 9.17) is 9.47 Å². The van der Waals surface area contributed by atoms with Gasteiger partial charge in [0.25, 0.3) is 0 Å². The Bertz CT molecular complexity index is 441. The highest BCUT2D eigenvalue weighted by Gasteiger charge is 2.08. The predicted molar refractivity (Wildman–Crippen MR) is 76.6 cm³/mol. The van der Waals surface area contributed by atoms with Crippen LogP contribution in [0.1, 0.15) is 39.2 Å². The van der Waals surface area contributed by atoms with Gasteiger partial charge in [0, 0.05) is 5.92 Å². The number of hydrogen-bond acceptors (Lipinski definition) is 3. The fraction of sp³-hybridized carbons (Fsp3) is 0.562. The van der Waals surface area contributed by atoms with Gasteiger partial charge in [0.2, 0.25) is 0 Å². The summed E-state index contributed by atoms with van der Waals surface area (Å²) in [6.07, 6.45) is 0. The van der Waals surface area contributed by atoms with Crippen LogP contribution in [-0.4, -0.2) is 25.6 Å². The first-order valence-corrected chi connectivity index (χ1v) is 6.94. The lowest BCUT2D eigenvalue weighted by atomic mass is 10.0. The molecular weight excluding hydrogens is 259 g/mol. The second-order valence-electron chi connectivity index (χ2n) is 5.37. The molecule has 3 nitrogen and oxygen atoms in total. The predicted octanol–water partition coefficient (Wildman–Crippen LogP) is 3.57. The third kappa shape index (κ3) is 5.29. The Kier molecular flexibility index (Phi) is 6.65. The second kappa shape index (κ2) is 8.00. The third-order valence-corrected chi connectivity index (χ3v) is 3.00. The van der Waals surface area contributed by atoms with Crippen LogP contribution in [0.3, 0.4) is 0 Å². The Labute approximate surface area is 120 Å². The fourth-order valence-electron chi connectivity index (χ4n) is 1.54. The molecule has 112 valence electrons. The van der Waals surface area contributed by atoms with Gasteiger partial charge in [-0.25, -0.2) is 4.39 Å². The normalized spacial score (nSPS) is 11.2. The number of ether oxygens (including phenoxy) is 2. The summed E-state index contributed by atoms with van der Waals surface area (Å²) in [4.78, 5) is 11.3. The van der Waals surface area contributed by atoms with Crippen LogP contribution in [0.25, 0.3) is 0 Å². The maximum atomic E-state index is 13.7. The molecule has 0 amide bonds. The van der Waals surface area contributed by atoms with Gasteiger partial charge in [-0.15, -0.1) is 0 Å². The highest BCUT2D eigenvalue weighted by atomic mass is 19.1. The first kappa shape index (κ1) is 16.6. The molecule has 0 aliphatic carbocycles. The molecule has 0 bridgehead atoms. The molecule has 0 fully saturated rings. The molecule has 0 heterocycles. The zero-order valence-corrected chi connectivity index (χ0v) is 12.6. The molecule has 1 rings (SSSR count). The first-order chi connectivity index (χ1) is 9.41. The summed E-state index contributed by atoms with van der Waals surface area (Å²) < 4.78 is 24.2. The van der Waals surface area contributed by atoms with E-state index in [0.29, 0.717) is 0 Å². The highest BCUT2D eigenvalue weighted by Crippen LogP contribution is 2.22. The van der Waals surface area contributed by atoms with Gasteiger partial charge >= 0.3 is 0 Å². The minimum Gasteiger partial charge on any atom is -0.488 e. The number of Topliss-reactive ketones (excluding diaryl/α,β-unsaturated/α-hetero) is 1. The van der Waals surface area contributed by atoms with Gasteiger partial charge in [0.05, 0.1) is 6.61 Å². The van der Waals surface area contributed by atoms with E-state index in [-0.39, 0.29) is 49.0 Å². The van der Waals surface area contributed by atoms with Crippen molar-refractivity contribution in [3.05, 3.63) is 29.6 Å². The summed E-state index contributed by atoms with van der Waals surface area (Å²) in [6, 6.07) is 4.97. The number of halogens is 1. The molecule has 1 aromatic rings. The Morgan fingerprint density at radius 3 is 2.45 bits per heavy atom. The topological polar surface area (TPSA) is 35.5 Å². The maximum Gasteiger partial charge on any atom is 0.165 e. The number of hydrogen-bond donors (Lipinski definition) is 0. The molecule has 0 saturated carbocycles. The van der Waals surface area contributed by atoms with Crippen molar-refractivity contribution in [1.82, 2.24) is 0 Å². The largest absolute Gasteiger partial charge is 0.488 e. The van der Waals surface area contributed by atoms with Crippen LogP contribution >= 0.6 is 0 Å². The van der Waals surface area contributed by atoms with Crippen LogP contribution in [0.15, 0.2) is 18.2 Å². The van der Waals surface area contributed by atoms with Crippen molar-refractivity contribution in [2.45, 2.75) is 33.6 Å². The van der Waals surface area contributed by atoms with Crippen molar-refractivity contribution in [3.8, 4) is 5.75 Å². The van der Waals surface area contributed by atoms with Crippen LogP contribution in [0.2, 0.25) is 0 Å². The molecule has 4 heteroatoms. The molecule has 0 aliphatic heterocycles. The van der Waals surface area contributed by atoms with Gasteiger partial charge in [-0.3, -0.25) is 4.79 Å². The average molecular weight is 282 g/mol. The molecule has 0 atom stereocenters. The van der Waals surface area contributed by atoms with Crippen LogP contribution < -0.4 is 4.74 Å². The Balaban J connectivity index is 2.34. The standard InChI is InChI=1S/C16H23FO3/c1-11(2)13-5-6-16(14(17)9-13)20-8-7-19-10-15(18)12(3)4/h5-6,9,11-12H,7-8,10H2,1-4H3. The van der Waals surface area contributed by atoms with Gasteiger partial charge in [-0.1, -0.05) is 33.8 Å². The molecule has 1 aromatic carbocycles. The van der Waals surface area contributed by atoms with Gasteiger partial charge in [-0.2, -0.15) is 0 Å². The van der Waals surface area contributed by atoms with Crippen LogP contribution in [0.4, 0.5) is 4.39 Å². The lowest BCUT2D eigenvalue weighted by Crippen LogP contribution is -2.17. The van der Waals surface area contributed by atoms with E-state index in [9.17, 15) is 9.18 Å². The van der Waals surface area contributed by atoms with Crippen molar-refractivity contribution in [3.63, 3.8) is 0 Å². The van der Waals surface area contributed by atoms with Crippen LogP contribution in [0, 0.1) is 11.7 Å². The average Bonchev–Trinajstić information content (AvgIpc) is 2.39. The summed E-state index contributed by atoms with van der Waals surface area (Å²) in [7, 11) is 0. The molecule has 0 radical (unpaired) electrons. The van der Waals surface area contributed by atoms with E-state index in [0.717, 1.165) is 5.56 Å².